The normalized spacial score (nSPS) is 11.7. The summed E-state index contributed by atoms with van der Waals surface area (Å²) in [4.78, 5) is 9.85. The Labute approximate surface area is 100 Å². The van der Waals surface area contributed by atoms with Gasteiger partial charge < -0.3 is 4.18 Å². The van der Waals surface area contributed by atoms with E-state index in [1.807, 2.05) is 20.8 Å². The largest absolute Gasteiger partial charge is 0.439 e. The van der Waals surface area contributed by atoms with Crippen molar-refractivity contribution >= 4 is 16.4 Å². The van der Waals surface area contributed by atoms with E-state index in [-0.39, 0.29) is 11.2 Å². The Morgan fingerprint density at radius 1 is 1.18 bits per heavy atom. The molecule has 0 amide bonds. The van der Waals surface area contributed by atoms with Crippen LogP contribution < -0.4 is 4.18 Å². The molecule has 1 rings (SSSR count). The van der Waals surface area contributed by atoms with Crippen LogP contribution in [0.25, 0.3) is 0 Å². The molecule has 0 aromatic heterocycles. The quantitative estimate of drug-likeness (QED) is 0.611. The maximum Gasteiger partial charge on any atom is 0.439 e. The molecule has 0 saturated carbocycles. The van der Waals surface area contributed by atoms with Crippen LogP contribution in [-0.4, -0.2) is 14.5 Å². The molecule has 6 heteroatoms. The second-order valence-corrected chi connectivity index (χ2v) is 5.67. The third-order valence-corrected chi connectivity index (χ3v) is 2.77. The van der Waals surface area contributed by atoms with Gasteiger partial charge in [0.25, 0.3) is 6.08 Å². The standard InChI is InChI=1S/C11H13NO4S/c1-11(2,3)9-4-6-10(7-5-9)16-17(14,15)12-8-13/h4-7H,1-3H3. The maximum atomic E-state index is 11.0. The Kier molecular flexibility index (Phi) is 3.70. The molecule has 0 saturated heterocycles. The molecule has 0 heterocycles. The van der Waals surface area contributed by atoms with E-state index >= 15 is 0 Å². The zero-order valence-corrected chi connectivity index (χ0v) is 10.6. The first kappa shape index (κ1) is 13.4. The number of isocyanates is 1. The van der Waals surface area contributed by atoms with Crippen LogP contribution >= 0.6 is 0 Å². The molecule has 0 unspecified atom stereocenters. The highest BCUT2D eigenvalue weighted by Crippen LogP contribution is 2.24. The molecule has 1 aromatic rings. The minimum Gasteiger partial charge on any atom is -0.365 e. The lowest BCUT2D eigenvalue weighted by Gasteiger charge is -2.18. The third-order valence-electron chi connectivity index (χ3n) is 2.07. The summed E-state index contributed by atoms with van der Waals surface area (Å²) in [6.07, 6.45) is 0.926. The van der Waals surface area contributed by atoms with Crippen molar-refractivity contribution in [2.24, 2.45) is 4.40 Å². The van der Waals surface area contributed by atoms with Crippen molar-refractivity contribution in [3.63, 3.8) is 0 Å². The molecular weight excluding hydrogens is 242 g/mol. The van der Waals surface area contributed by atoms with Gasteiger partial charge in [0.15, 0.2) is 0 Å². The molecule has 17 heavy (non-hydrogen) atoms. The highest BCUT2D eigenvalue weighted by atomic mass is 32.2. The first-order valence-electron chi connectivity index (χ1n) is 4.89. The van der Waals surface area contributed by atoms with Crippen LogP contribution in [0.15, 0.2) is 28.7 Å². The van der Waals surface area contributed by atoms with Crippen molar-refractivity contribution in [2.45, 2.75) is 26.2 Å². The molecule has 0 aliphatic rings. The molecular formula is C11H13NO4S. The monoisotopic (exact) mass is 255 g/mol. The molecule has 1 aromatic carbocycles. The number of hydrogen-bond donors (Lipinski definition) is 0. The van der Waals surface area contributed by atoms with E-state index in [1.54, 1.807) is 12.1 Å². The molecule has 0 aliphatic carbocycles. The fourth-order valence-corrected chi connectivity index (χ4v) is 1.68. The van der Waals surface area contributed by atoms with E-state index in [1.165, 1.54) is 12.1 Å². The Hall–Kier alpha value is -1.65. The fourth-order valence-electron chi connectivity index (χ4n) is 1.20. The molecule has 0 spiro atoms. The van der Waals surface area contributed by atoms with Crippen molar-refractivity contribution in [3.8, 4) is 5.75 Å². The molecule has 0 fully saturated rings. The van der Waals surface area contributed by atoms with Crippen molar-refractivity contribution in [1.82, 2.24) is 0 Å². The van der Waals surface area contributed by atoms with E-state index < -0.39 is 10.3 Å². The summed E-state index contributed by atoms with van der Waals surface area (Å²) in [7, 11) is -4.23. The zero-order chi connectivity index (χ0) is 13.1. The summed E-state index contributed by atoms with van der Waals surface area (Å²) < 4.78 is 29.2. The van der Waals surface area contributed by atoms with Crippen LogP contribution in [0.4, 0.5) is 0 Å². The van der Waals surface area contributed by atoms with Crippen LogP contribution in [0.1, 0.15) is 26.3 Å². The van der Waals surface area contributed by atoms with E-state index in [0.29, 0.717) is 0 Å². The van der Waals surface area contributed by atoms with Gasteiger partial charge in [-0.2, -0.15) is 8.42 Å². The minimum atomic E-state index is -4.23. The summed E-state index contributed by atoms with van der Waals surface area (Å²) >= 11 is 0. The second-order valence-electron chi connectivity index (χ2n) is 4.47. The van der Waals surface area contributed by atoms with Gasteiger partial charge in [-0.3, -0.25) is 0 Å². The van der Waals surface area contributed by atoms with Gasteiger partial charge >= 0.3 is 10.3 Å². The second kappa shape index (κ2) is 4.69. The molecule has 0 radical (unpaired) electrons. The lowest BCUT2D eigenvalue weighted by molar-refractivity contribution is 0.486. The number of rotatable bonds is 3. The van der Waals surface area contributed by atoms with Gasteiger partial charge in [0.1, 0.15) is 5.75 Å². The third kappa shape index (κ3) is 4.01. The molecule has 0 aliphatic heterocycles. The van der Waals surface area contributed by atoms with Crippen molar-refractivity contribution < 1.29 is 17.4 Å². The van der Waals surface area contributed by atoms with E-state index in [4.69, 9.17) is 0 Å². The van der Waals surface area contributed by atoms with Gasteiger partial charge in [0, 0.05) is 0 Å². The number of carbonyl (C=O) groups excluding carboxylic acids is 1. The summed E-state index contributed by atoms with van der Waals surface area (Å²) in [5.41, 5.74) is 1.01. The first-order valence-corrected chi connectivity index (χ1v) is 6.25. The number of hydrogen-bond acceptors (Lipinski definition) is 4. The lowest BCUT2D eigenvalue weighted by Crippen LogP contribution is -2.11. The topological polar surface area (TPSA) is 72.8 Å². The Bertz CT molecular complexity index is 534. The van der Waals surface area contributed by atoms with Crippen LogP contribution in [-0.2, 0) is 20.5 Å². The van der Waals surface area contributed by atoms with Crippen LogP contribution in [0.5, 0.6) is 5.75 Å². The van der Waals surface area contributed by atoms with Gasteiger partial charge in [0.2, 0.25) is 0 Å². The zero-order valence-electron chi connectivity index (χ0n) is 9.80. The molecule has 0 N–H and O–H groups in total. The molecule has 0 atom stereocenters. The summed E-state index contributed by atoms with van der Waals surface area (Å²) in [5.74, 6) is 0.108. The highest BCUT2D eigenvalue weighted by Gasteiger charge is 2.15. The van der Waals surface area contributed by atoms with E-state index in [0.717, 1.165) is 11.6 Å². The first-order chi connectivity index (χ1) is 7.74. The van der Waals surface area contributed by atoms with Crippen molar-refractivity contribution in [2.75, 3.05) is 0 Å². The van der Waals surface area contributed by atoms with E-state index in [9.17, 15) is 13.2 Å². The summed E-state index contributed by atoms with van der Waals surface area (Å²) in [6.45, 7) is 6.11. The number of benzene rings is 1. The molecule has 0 bridgehead atoms. The van der Waals surface area contributed by atoms with Crippen molar-refractivity contribution in [3.05, 3.63) is 29.8 Å². The van der Waals surface area contributed by atoms with Gasteiger partial charge in [-0.15, -0.1) is 0 Å². The highest BCUT2D eigenvalue weighted by molar-refractivity contribution is 7.85. The summed E-state index contributed by atoms with van der Waals surface area (Å²) in [6, 6.07) is 6.54. The lowest BCUT2D eigenvalue weighted by atomic mass is 9.87. The maximum absolute atomic E-state index is 11.0. The number of nitrogens with zero attached hydrogens (tertiary/aromatic N) is 1. The average molecular weight is 255 g/mol. The smallest absolute Gasteiger partial charge is 0.365 e. The van der Waals surface area contributed by atoms with Gasteiger partial charge in [-0.25, -0.2) is 4.79 Å². The van der Waals surface area contributed by atoms with E-state index in [2.05, 4.69) is 8.58 Å². The van der Waals surface area contributed by atoms with Crippen LogP contribution in [0.3, 0.4) is 0 Å². The molecule has 92 valence electrons. The summed E-state index contributed by atoms with van der Waals surface area (Å²) in [5, 5.41) is 0. The Morgan fingerprint density at radius 2 is 1.71 bits per heavy atom. The SMILES string of the molecule is CC(C)(C)c1ccc(OS(=O)(=O)N=C=O)cc1. The van der Waals surface area contributed by atoms with Crippen LogP contribution in [0.2, 0.25) is 0 Å². The fraction of sp³-hybridized carbons (Fsp3) is 0.364. The molecule has 5 nitrogen and oxygen atoms in total. The Balaban J connectivity index is 2.94. The Morgan fingerprint density at radius 3 is 2.12 bits per heavy atom. The predicted molar refractivity (Wildman–Crippen MR) is 62.8 cm³/mol. The van der Waals surface area contributed by atoms with Crippen molar-refractivity contribution in [1.29, 1.82) is 0 Å². The predicted octanol–water partition coefficient (Wildman–Crippen LogP) is 1.94. The van der Waals surface area contributed by atoms with Crippen LogP contribution in [0, 0.1) is 0 Å². The minimum absolute atomic E-state index is 0.0294. The van der Waals surface area contributed by atoms with Gasteiger partial charge in [-0.1, -0.05) is 32.9 Å². The van der Waals surface area contributed by atoms with Gasteiger partial charge in [-0.05, 0) is 27.5 Å². The van der Waals surface area contributed by atoms with Gasteiger partial charge in [0.05, 0.1) is 0 Å². The average Bonchev–Trinajstić information content (AvgIpc) is 2.16.